The normalized spacial score (nSPS) is 13.5. The predicted molar refractivity (Wildman–Crippen MR) is 75.3 cm³/mol. The molecule has 1 rings (SSSR count). The van der Waals surface area contributed by atoms with Crippen molar-refractivity contribution in [3.05, 3.63) is 19.2 Å². The highest BCUT2D eigenvalue weighted by atomic mass is 79.9. The Morgan fingerprint density at radius 1 is 1.33 bits per heavy atom. The number of nitrogens with two attached hydrogens (primary N) is 1. The Kier molecular flexibility index (Phi) is 5.82. The van der Waals surface area contributed by atoms with Gasteiger partial charge in [0.15, 0.2) is 0 Å². The van der Waals surface area contributed by atoms with Gasteiger partial charge in [0.25, 0.3) is 0 Å². The van der Waals surface area contributed by atoms with Crippen LogP contribution in [0.25, 0.3) is 0 Å². The summed E-state index contributed by atoms with van der Waals surface area (Å²) in [4.78, 5) is 1.26. The molecule has 15 heavy (non-hydrogen) atoms. The summed E-state index contributed by atoms with van der Waals surface area (Å²) in [5, 5.41) is 0. The van der Waals surface area contributed by atoms with Gasteiger partial charge in [-0.25, -0.2) is 0 Å². The molecule has 1 aromatic heterocycles. The number of rotatable bonds is 5. The number of hydrogen-bond donors (Lipinski definition) is 1. The fourth-order valence-electron chi connectivity index (χ4n) is 1.64. The lowest BCUT2D eigenvalue weighted by Gasteiger charge is -2.16. The minimum Gasteiger partial charge on any atom is -0.323 e. The lowest BCUT2D eigenvalue weighted by molar-refractivity contribution is 0.417. The molecule has 0 radical (unpaired) electrons. The van der Waals surface area contributed by atoms with Gasteiger partial charge in [-0.3, -0.25) is 0 Å². The van der Waals surface area contributed by atoms with E-state index < -0.39 is 0 Å². The van der Waals surface area contributed by atoms with E-state index in [1.165, 1.54) is 17.7 Å². The zero-order valence-electron chi connectivity index (χ0n) is 9.09. The molecule has 1 heterocycles. The van der Waals surface area contributed by atoms with Crippen molar-refractivity contribution in [2.75, 3.05) is 0 Å². The van der Waals surface area contributed by atoms with Gasteiger partial charge in [-0.05, 0) is 50.3 Å². The summed E-state index contributed by atoms with van der Waals surface area (Å²) in [6.07, 6.45) is 3.53. The minimum absolute atomic E-state index is 0.183. The summed E-state index contributed by atoms with van der Waals surface area (Å²) in [5.74, 6) is 0.750. The van der Waals surface area contributed by atoms with E-state index >= 15 is 0 Å². The lowest BCUT2D eigenvalue weighted by atomic mass is 9.94. The summed E-state index contributed by atoms with van der Waals surface area (Å²) in [6.45, 7) is 4.47. The zero-order chi connectivity index (χ0) is 11.4. The molecule has 0 saturated carbocycles. The van der Waals surface area contributed by atoms with Crippen LogP contribution in [0.1, 0.15) is 44.0 Å². The minimum atomic E-state index is 0.183. The average molecular weight is 355 g/mol. The SMILES string of the molecule is CCC(CC)CC(N)c1cc(Br)c(Br)s1. The molecule has 0 aliphatic rings. The molecule has 0 saturated heterocycles. The molecule has 0 aliphatic heterocycles. The van der Waals surface area contributed by atoms with Crippen LogP contribution in [0.5, 0.6) is 0 Å². The van der Waals surface area contributed by atoms with Gasteiger partial charge in [-0.15, -0.1) is 11.3 Å². The van der Waals surface area contributed by atoms with Crippen molar-refractivity contribution in [3.8, 4) is 0 Å². The fraction of sp³-hybridized carbons (Fsp3) is 0.636. The van der Waals surface area contributed by atoms with Crippen LogP contribution in [-0.2, 0) is 0 Å². The van der Waals surface area contributed by atoms with E-state index in [1.807, 2.05) is 0 Å². The number of thiophene rings is 1. The first-order chi connectivity index (χ1) is 7.08. The second-order valence-electron chi connectivity index (χ2n) is 3.80. The van der Waals surface area contributed by atoms with Gasteiger partial charge in [-0.2, -0.15) is 0 Å². The van der Waals surface area contributed by atoms with Crippen molar-refractivity contribution in [2.45, 2.75) is 39.2 Å². The number of hydrogen-bond acceptors (Lipinski definition) is 2. The average Bonchev–Trinajstić information content (AvgIpc) is 2.55. The van der Waals surface area contributed by atoms with Crippen LogP contribution in [0, 0.1) is 5.92 Å². The molecule has 0 fully saturated rings. The smallest absolute Gasteiger partial charge is 0.0843 e. The highest BCUT2D eigenvalue weighted by molar-refractivity contribution is 9.13. The first-order valence-electron chi connectivity index (χ1n) is 5.28. The summed E-state index contributed by atoms with van der Waals surface area (Å²) >= 11 is 8.72. The molecule has 0 amide bonds. The van der Waals surface area contributed by atoms with Gasteiger partial charge in [0, 0.05) is 15.4 Å². The maximum atomic E-state index is 6.20. The summed E-state index contributed by atoms with van der Waals surface area (Å²) < 4.78 is 2.25. The Morgan fingerprint density at radius 2 is 1.93 bits per heavy atom. The van der Waals surface area contributed by atoms with E-state index in [2.05, 4.69) is 51.8 Å². The monoisotopic (exact) mass is 353 g/mol. The van der Waals surface area contributed by atoms with Gasteiger partial charge in [-0.1, -0.05) is 26.7 Å². The summed E-state index contributed by atoms with van der Waals surface area (Å²) in [5.41, 5.74) is 6.20. The van der Waals surface area contributed by atoms with Crippen LogP contribution in [0.2, 0.25) is 0 Å². The van der Waals surface area contributed by atoms with E-state index in [1.54, 1.807) is 11.3 Å². The summed E-state index contributed by atoms with van der Waals surface area (Å²) in [6, 6.07) is 2.31. The second kappa shape index (κ2) is 6.38. The molecule has 0 aromatic carbocycles. The largest absolute Gasteiger partial charge is 0.323 e. The standard InChI is InChI=1S/C11H17Br2NS/c1-3-7(4-2)5-9(14)10-6-8(12)11(13)15-10/h6-7,9H,3-5,14H2,1-2H3. The van der Waals surface area contributed by atoms with Gasteiger partial charge in [0.2, 0.25) is 0 Å². The van der Waals surface area contributed by atoms with E-state index in [-0.39, 0.29) is 6.04 Å². The second-order valence-corrected chi connectivity index (χ2v) is 7.05. The zero-order valence-corrected chi connectivity index (χ0v) is 13.1. The Labute approximate surface area is 113 Å². The van der Waals surface area contributed by atoms with Gasteiger partial charge < -0.3 is 5.73 Å². The topological polar surface area (TPSA) is 26.0 Å². The van der Waals surface area contributed by atoms with E-state index in [9.17, 15) is 0 Å². The van der Waals surface area contributed by atoms with Gasteiger partial charge in [0.1, 0.15) is 0 Å². The van der Waals surface area contributed by atoms with E-state index in [4.69, 9.17) is 5.73 Å². The van der Waals surface area contributed by atoms with Crippen molar-refractivity contribution in [1.82, 2.24) is 0 Å². The fourth-order valence-corrected chi connectivity index (χ4v) is 3.75. The van der Waals surface area contributed by atoms with Crippen molar-refractivity contribution >= 4 is 43.2 Å². The molecular formula is C11H17Br2NS. The molecule has 1 unspecified atom stereocenters. The molecular weight excluding hydrogens is 338 g/mol. The third-order valence-electron chi connectivity index (χ3n) is 2.77. The maximum absolute atomic E-state index is 6.20. The number of halogens is 2. The molecule has 1 atom stereocenters. The highest BCUT2D eigenvalue weighted by Crippen LogP contribution is 2.36. The molecule has 1 aromatic rings. The van der Waals surface area contributed by atoms with Crippen LogP contribution in [0.15, 0.2) is 14.3 Å². The van der Waals surface area contributed by atoms with Crippen LogP contribution in [-0.4, -0.2) is 0 Å². The lowest BCUT2D eigenvalue weighted by Crippen LogP contribution is -2.13. The molecule has 1 nitrogen and oxygen atoms in total. The molecule has 0 spiro atoms. The Balaban J connectivity index is 2.64. The Hall–Kier alpha value is 0.620. The van der Waals surface area contributed by atoms with E-state index in [0.29, 0.717) is 0 Å². The van der Waals surface area contributed by atoms with Crippen LogP contribution < -0.4 is 5.73 Å². The quantitative estimate of drug-likeness (QED) is 0.782. The van der Waals surface area contributed by atoms with Crippen molar-refractivity contribution in [2.24, 2.45) is 11.7 Å². The van der Waals surface area contributed by atoms with Crippen LogP contribution in [0.3, 0.4) is 0 Å². The van der Waals surface area contributed by atoms with Gasteiger partial charge in [0.05, 0.1) is 3.79 Å². The van der Waals surface area contributed by atoms with E-state index in [0.717, 1.165) is 20.6 Å². The summed E-state index contributed by atoms with van der Waals surface area (Å²) in [7, 11) is 0. The van der Waals surface area contributed by atoms with Crippen molar-refractivity contribution < 1.29 is 0 Å². The van der Waals surface area contributed by atoms with Crippen molar-refractivity contribution in [1.29, 1.82) is 0 Å². The predicted octanol–water partition coefficient (Wildman–Crippen LogP) is 5.10. The first-order valence-corrected chi connectivity index (χ1v) is 7.69. The third-order valence-corrected chi connectivity index (χ3v) is 6.16. The first kappa shape index (κ1) is 13.7. The maximum Gasteiger partial charge on any atom is 0.0843 e. The Bertz CT molecular complexity index is 288. The molecule has 2 N–H and O–H groups in total. The van der Waals surface area contributed by atoms with Gasteiger partial charge >= 0.3 is 0 Å². The van der Waals surface area contributed by atoms with Crippen LogP contribution in [0.4, 0.5) is 0 Å². The molecule has 4 heteroatoms. The Morgan fingerprint density at radius 3 is 2.33 bits per heavy atom. The third kappa shape index (κ3) is 3.84. The molecule has 86 valence electrons. The molecule has 0 aliphatic carbocycles. The van der Waals surface area contributed by atoms with Crippen LogP contribution >= 0.6 is 43.2 Å². The van der Waals surface area contributed by atoms with Crippen molar-refractivity contribution in [3.63, 3.8) is 0 Å². The molecule has 0 bridgehead atoms. The highest BCUT2D eigenvalue weighted by Gasteiger charge is 2.15.